The quantitative estimate of drug-likeness (QED) is 0.558. The summed E-state index contributed by atoms with van der Waals surface area (Å²) < 4.78 is 0.771. The Hall–Kier alpha value is -2.26. The van der Waals surface area contributed by atoms with Crippen molar-refractivity contribution in [3.05, 3.63) is 39.3 Å². The van der Waals surface area contributed by atoms with E-state index in [1.807, 2.05) is 0 Å². The van der Waals surface area contributed by atoms with Crippen molar-refractivity contribution in [1.29, 1.82) is 0 Å². The molecule has 2 amide bonds. The second-order valence-corrected chi connectivity index (χ2v) is 8.10. The maximum absolute atomic E-state index is 12.8. The first-order chi connectivity index (χ1) is 12.9. The molecule has 0 bridgehead atoms. The van der Waals surface area contributed by atoms with E-state index in [0.717, 1.165) is 41.5 Å². The third-order valence-electron chi connectivity index (χ3n) is 4.33. The first-order valence-corrected chi connectivity index (χ1v) is 10.2. The first-order valence-electron chi connectivity index (χ1n) is 8.50. The Morgan fingerprint density at radius 2 is 1.96 bits per heavy atom. The second kappa shape index (κ2) is 8.62. The number of amides is 2. The number of urea groups is 1. The van der Waals surface area contributed by atoms with Crippen LogP contribution in [-0.4, -0.2) is 27.9 Å². The summed E-state index contributed by atoms with van der Waals surface area (Å²) in [5.41, 5.74) is 1.30. The van der Waals surface area contributed by atoms with Crippen LogP contribution in [0.1, 0.15) is 41.7 Å². The highest BCUT2D eigenvalue weighted by atomic mass is 79.9. The number of nitrogens with zero attached hydrogens (tertiary/aromatic N) is 1. The van der Waals surface area contributed by atoms with Crippen LogP contribution >= 0.6 is 27.3 Å². The van der Waals surface area contributed by atoms with E-state index in [9.17, 15) is 14.4 Å². The van der Waals surface area contributed by atoms with Crippen molar-refractivity contribution in [2.75, 3.05) is 10.6 Å². The van der Waals surface area contributed by atoms with Gasteiger partial charge in [0, 0.05) is 21.3 Å². The molecule has 3 rings (SSSR count). The van der Waals surface area contributed by atoms with Gasteiger partial charge in [0.15, 0.2) is 10.9 Å². The van der Waals surface area contributed by atoms with E-state index in [1.54, 1.807) is 23.6 Å². The van der Waals surface area contributed by atoms with Gasteiger partial charge < -0.3 is 10.4 Å². The molecular formula is C18H18BrN3O4S. The molecule has 3 N–H and O–H groups in total. The van der Waals surface area contributed by atoms with Crippen LogP contribution < -0.4 is 10.6 Å². The van der Waals surface area contributed by atoms with Gasteiger partial charge in [-0.05, 0) is 31.0 Å². The number of anilines is 2. The molecule has 142 valence electrons. The van der Waals surface area contributed by atoms with Crippen LogP contribution in [0.2, 0.25) is 0 Å². The van der Waals surface area contributed by atoms with Gasteiger partial charge in [0.1, 0.15) is 0 Å². The predicted molar refractivity (Wildman–Crippen MR) is 107 cm³/mol. The average molecular weight is 452 g/mol. The van der Waals surface area contributed by atoms with E-state index in [1.165, 1.54) is 0 Å². The second-order valence-electron chi connectivity index (χ2n) is 6.33. The molecule has 1 aromatic heterocycles. The van der Waals surface area contributed by atoms with Crippen LogP contribution in [0.4, 0.5) is 15.6 Å². The number of carbonyl (C=O) groups is 3. The van der Waals surface area contributed by atoms with E-state index < -0.39 is 12.0 Å². The molecule has 0 unspecified atom stereocenters. The molecule has 1 aromatic carbocycles. The molecule has 1 aliphatic rings. The van der Waals surface area contributed by atoms with Crippen LogP contribution in [0.3, 0.4) is 0 Å². The minimum Gasteiger partial charge on any atom is -0.481 e. The summed E-state index contributed by atoms with van der Waals surface area (Å²) in [5.74, 6) is -0.941. The number of ketones is 1. The molecule has 2 aromatic rings. The van der Waals surface area contributed by atoms with Gasteiger partial charge in [0.05, 0.1) is 17.8 Å². The van der Waals surface area contributed by atoms with Gasteiger partial charge in [0.2, 0.25) is 0 Å². The summed E-state index contributed by atoms with van der Waals surface area (Å²) in [5, 5.41) is 15.9. The number of benzene rings is 1. The average Bonchev–Trinajstić information content (AvgIpc) is 3.27. The Morgan fingerprint density at radius 3 is 2.67 bits per heavy atom. The maximum atomic E-state index is 12.8. The number of rotatable bonds is 6. The Kier molecular flexibility index (Phi) is 6.22. The Bertz CT molecular complexity index is 877. The smallest absolute Gasteiger partial charge is 0.325 e. The Labute approximate surface area is 168 Å². The number of hydrogen-bond donors (Lipinski definition) is 3. The molecule has 9 heteroatoms. The highest BCUT2D eigenvalue weighted by Crippen LogP contribution is 2.32. The van der Waals surface area contributed by atoms with Crippen molar-refractivity contribution >= 4 is 55.9 Å². The lowest BCUT2D eigenvalue weighted by Crippen LogP contribution is -2.22. The van der Waals surface area contributed by atoms with Gasteiger partial charge in [-0.15, -0.1) is 11.3 Å². The lowest BCUT2D eigenvalue weighted by atomic mass is 9.95. The zero-order chi connectivity index (χ0) is 19.4. The number of nitrogens with one attached hydrogen (secondary N) is 2. The van der Waals surface area contributed by atoms with Gasteiger partial charge in [-0.2, -0.15) is 0 Å². The lowest BCUT2D eigenvalue weighted by Gasteiger charge is -2.14. The summed E-state index contributed by atoms with van der Waals surface area (Å²) in [6, 6.07) is 4.64. The van der Waals surface area contributed by atoms with E-state index in [-0.39, 0.29) is 18.1 Å². The molecule has 0 saturated heterocycles. The van der Waals surface area contributed by atoms with Crippen LogP contribution in [0, 0.1) is 5.92 Å². The van der Waals surface area contributed by atoms with E-state index >= 15 is 0 Å². The minimum atomic E-state index is -0.985. The van der Waals surface area contributed by atoms with Gasteiger partial charge in [-0.1, -0.05) is 28.8 Å². The van der Waals surface area contributed by atoms with E-state index in [0.29, 0.717) is 22.1 Å². The number of carboxylic acids is 1. The van der Waals surface area contributed by atoms with Gasteiger partial charge in [-0.3, -0.25) is 14.9 Å². The molecule has 0 radical (unpaired) electrons. The molecule has 0 aliphatic heterocycles. The number of hydrogen-bond acceptors (Lipinski definition) is 5. The summed E-state index contributed by atoms with van der Waals surface area (Å²) in [4.78, 5) is 39.9. The molecule has 1 saturated carbocycles. The van der Waals surface area contributed by atoms with Crippen LogP contribution in [0.15, 0.2) is 28.1 Å². The SMILES string of the molecule is O=C(O)Cc1csc(NC(=O)Nc2ccc(Br)cc2C(=O)C2CCCC2)n1. The van der Waals surface area contributed by atoms with Crippen molar-refractivity contribution in [2.45, 2.75) is 32.1 Å². The summed E-state index contributed by atoms with van der Waals surface area (Å²) >= 11 is 4.52. The molecule has 27 heavy (non-hydrogen) atoms. The third kappa shape index (κ3) is 5.14. The van der Waals surface area contributed by atoms with Crippen molar-refractivity contribution in [1.82, 2.24) is 4.98 Å². The zero-order valence-electron chi connectivity index (χ0n) is 14.3. The maximum Gasteiger partial charge on any atom is 0.325 e. The number of halogens is 1. The largest absolute Gasteiger partial charge is 0.481 e. The summed E-state index contributed by atoms with van der Waals surface area (Å²) in [7, 11) is 0. The van der Waals surface area contributed by atoms with Crippen molar-refractivity contribution in [2.24, 2.45) is 5.92 Å². The fourth-order valence-electron chi connectivity index (χ4n) is 3.09. The summed E-state index contributed by atoms with van der Waals surface area (Å²) in [6.07, 6.45) is 3.66. The standard InChI is InChI=1S/C18H18BrN3O4S/c19-11-5-6-14(13(7-11)16(25)10-3-1-2-4-10)21-17(26)22-18-20-12(9-27-18)8-15(23)24/h5-7,9-10H,1-4,8H2,(H,23,24)(H2,20,21,22,26). The van der Waals surface area contributed by atoms with Crippen LogP contribution in [-0.2, 0) is 11.2 Å². The first kappa shape index (κ1) is 19.5. The normalized spacial score (nSPS) is 14.1. The minimum absolute atomic E-state index is 0.000417. The fourth-order valence-corrected chi connectivity index (χ4v) is 4.15. The number of Topliss-reactive ketones (excluding diaryl/α,β-unsaturated/α-hetero) is 1. The van der Waals surface area contributed by atoms with Crippen molar-refractivity contribution < 1.29 is 19.5 Å². The monoisotopic (exact) mass is 451 g/mol. The molecule has 1 fully saturated rings. The lowest BCUT2D eigenvalue weighted by molar-refractivity contribution is -0.136. The van der Waals surface area contributed by atoms with E-state index in [2.05, 4.69) is 31.5 Å². The van der Waals surface area contributed by atoms with E-state index in [4.69, 9.17) is 5.11 Å². The number of aromatic nitrogens is 1. The number of carboxylic acid groups (broad SMARTS) is 1. The van der Waals surface area contributed by atoms with Gasteiger partial charge in [-0.25, -0.2) is 9.78 Å². The third-order valence-corrected chi connectivity index (χ3v) is 5.63. The number of aliphatic carboxylic acids is 1. The van der Waals surface area contributed by atoms with Gasteiger partial charge >= 0.3 is 12.0 Å². The van der Waals surface area contributed by atoms with Crippen LogP contribution in [0.25, 0.3) is 0 Å². The Balaban J connectivity index is 1.71. The molecular weight excluding hydrogens is 434 g/mol. The molecule has 1 heterocycles. The van der Waals surface area contributed by atoms with Crippen molar-refractivity contribution in [3.8, 4) is 0 Å². The molecule has 0 atom stereocenters. The predicted octanol–water partition coefficient (Wildman–Crippen LogP) is 4.55. The van der Waals surface area contributed by atoms with Crippen molar-refractivity contribution in [3.63, 3.8) is 0 Å². The number of thiazole rings is 1. The summed E-state index contributed by atoms with van der Waals surface area (Å²) in [6.45, 7) is 0. The van der Waals surface area contributed by atoms with Crippen LogP contribution in [0.5, 0.6) is 0 Å². The fraction of sp³-hybridized carbons (Fsp3) is 0.333. The highest BCUT2D eigenvalue weighted by Gasteiger charge is 2.26. The zero-order valence-corrected chi connectivity index (χ0v) is 16.7. The number of carbonyl (C=O) groups excluding carboxylic acids is 2. The van der Waals surface area contributed by atoms with Gasteiger partial charge in [0.25, 0.3) is 0 Å². The molecule has 0 spiro atoms. The topological polar surface area (TPSA) is 108 Å². The Morgan fingerprint density at radius 1 is 1.22 bits per heavy atom. The highest BCUT2D eigenvalue weighted by molar-refractivity contribution is 9.10. The molecule has 1 aliphatic carbocycles. The molecule has 7 nitrogen and oxygen atoms in total.